The van der Waals surface area contributed by atoms with Crippen LogP contribution in [0.4, 0.5) is 5.69 Å². The summed E-state index contributed by atoms with van der Waals surface area (Å²) in [6.07, 6.45) is 1.20. The number of rotatable bonds is 5. The van der Waals surface area contributed by atoms with E-state index in [4.69, 9.17) is 5.11 Å². The first-order valence-electron chi connectivity index (χ1n) is 5.63. The van der Waals surface area contributed by atoms with E-state index in [0.717, 1.165) is 6.42 Å². The third kappa shape index (κ3) is 4.26. The average Bonchev–Trinajstić information content (AvgIpc) is 2.27. The Bertz CT molecular complexity index is 413. The lowest BCUT2D eigenvalue weighted by Gasteiger charge is -2.09. The second-order valence-corrected chi connectivity index (χ2v) is 4.33. The molecule has 1 rings (SSSR count). The number of carboxylic acid groups (broad SMARTS) is 1. The van der Waals surface area contributed by atoms with Crippen molar-refractivity contribution in [2.45, 2.75) is 26.7 Å². The highest BCUT2D eigenvalue weighted by Crippen LogP contribution is 2.15. The van der Waals surface area contributed by atoms with Crippen molar-refractivity contribution in [1.29, 1.82) is 0 Å². The van der Waals surface area contributed by atoms with E-state index in [1.165, 1.54) is 6.07 Å². The largest absolute Gasteiger partial charge is 0.478 e. The molecule has 0 fully saturated rings. The second kappa shape index (κ2) is 6.03. The third-order valence-corrected chi connectivity index (χ3v) is 2.38. The molecule has 4 nitrogen and oxygen atoms in total. The average molecular weight is 235 g/mol. The summed E-state index contributed by atoms with van der Waals surface area (Å²) in [5, 5.41) is 11.6. The minimum Gasteiger partial charge on any atom is -0.478 e. The van der Waals surface area contributed by atoms with Crippen LogP contribution in [0.1, 0.15) is 37.0 Å². The van der Waals surface area contributed by atoms with Crippen molar-refractivity contribution < 1.29 is 14.7 Å². The molecule has 17 heavy (non-hydrogen) atoms. The van der Waals surface area contributed by atoms with Gasteiger partial charge in [0.05, 0.1) is 11.3 Å². The highest BCUT2D eigenvalue weighted by Gasteiger charge is 2.11. The van der Waals surface area contributed by atoms with Crippen LogP contribution in [0.15, 0.2) is 24.3 Å². The van der Waals surface area contributed by atoms with Crippen molar-refractivity contribution in [3.63, 3.8) is 0 Å². The minimum atomic E-state index is -1.04. The third-order valence-electron chi connectivity index (χ3n) is 2.38. The number of benzene rings is 1. The van der Waals surface area contributed by atoms with E-state index in [-0.39, 0.29) is 11.5 Å². The number of hydrogen-bond acceptors (Lipinski definition) is 2. The molecule has 0 radical (unpaired) electrons. The molecule has 0 bridgehead atoms. The summed E-state index contributed by atoms with van der Waals surface area (Å²) >= 11 is 0. The quantitative estimate of drug-likeness (QED) is 0.824. The van der Waals surface area contributed by atoms with Crippen LogP contribution in [0.25, 0.3) is 0 Å². The van der Waals surface area contributed by atoms with Crippen LogP contribution < -0.4 is 5.32 Å². The Labute approximate surface area is 101 Å². The number of carbonyl (C=O) groups excluding carboxylic acids is 1. The van der Waals surface area contributed by atoms with Crippen LogP contribution in [0, 0.1) is 5.92 Å². The monoisotopic (exact) mass is 235 g/mol. The van der Waals surface area contributed by atoms with Crippen LogP contribution in [0.2, 0.25) is 0 Å². The number of aromatic carboxylic acids is 1. The maximum Gasteiger partial charge on any atom is 0.337 e. The van der Waals surface area contributed by atoms with Crippen LogP contribution in [0.5, 0.6) is 0 Å². The molecule has 1 aromatic carbocycles. The van der Waals surface area contributed by atoms with Crippen molar-refractivity contribution in [2.75, 3.05) is 5.32 Å². The van der Waals surface area contributed by atoms with Crippen molar-refractivity contribution in [1.82, 2.24) is 0 Å². The van der Waals surface area contributed by atoms with Gasteiger partial charge in [-0.25, -0.2) is 4.79 Å². The van der Waals surface area contributed by atoms with Gasteiger partial charge in [-0.15, -0.1) is 0 Å². The Morgan fingerprint density at radius 1 is 1.29 bits per heavy atom. The molecule has 1 amide bonds. The van der Waals surface area contributed by atoms with E-state index in [9.17, 15) is 9.59 Å². The summed E-state index contributed by atoms with van der Waals surface area (Å²) in [4.78, 5) is 22.5. The molecule has 2 N–H and O–H groups in total. The van der Waals surface area contributed by atoms with Crippen molar-refractivity contribution >= 4 is 17.6 Å². The number of amides is 1. The fourth-order valence-electron chi connectivity index (χ4n) is 1.41. The smallest absolute Gasteiger partial charge is 0.337 e. The maximum atomic E-state index is 11.6. The Balaban J connectivity index is 2.68. The maximum absolute atomic E-state index is 11.6. The van der Waals surface area contributed by atoms with Gasteiger partial charge in [0.15, 0.2) is 0 Å². The number of nitrogens with one attached hydrogen (secondary N) is 1. The Morgan fingerprint density at radius 3 is 2.53 bits per heavy atom. The van der Waals surface area contributed by atoms with E-state index < -0.39 is 5.97 Å². The van der Waals surface area contributed by atoms with E-state index >= 15 is 0 Å². The molecule has 4 heteroatoms. The summed E-state index contributed by atoms with van der Waals surface area (Å²) < 4.78 is 0. The van der Waals surface area contributed by atoms with Crippen LogP contribution >= 0.6 is 0 Å². The fraction of sp³-hybridized carbons (Fsp3) is 0.385. The summed E-state index contributed by atoms with van der Waals surface area (Å²) in [6, 6.07) is 6.40. The highest BCUT2D eigenvalue weighted by molar-refractivity contribution is 6.00. The number of carbonyl (C=O) groups is 2. The molecule has 1 aromatic rings. The Kier molecular flexibility index (Phi) is 4.69. The topological polar surface area (TPSA) is 66.4 Å². The van der Waals surface area contributed by atoms with Gasteiger partial charge in [-0.3, -0.25) is 4.79 Å². The Morgan fingerprint density at radius 2 is 1.94 bits per heavy atom. The molecule has 92 valence electrons. The second-order valence-electron chi connectivity index (χ2n) is 4.33. The molecular weight excluding hydrogens is 218 g/mol. The lowest BCUT2D eigenvalue weighted by molar-refractivity contribution is -0.116. The van der Waals surface area contributed by atoms with Gasteiger partial charge in [0.2, 0.25) is 5.91 Å². The van der Waals surface area contributed by atoms with Crippen molar-refractivity contribution in [2.24, 2.45) is 5.92 Å². The van der Waals surface area contributed by atoms with Gasteiger partial charge in [0, 0.05) is 6.42 Å². The zero-order valence-electron chi connectivity index (χ0n) is 10.1. The molecule has 0 atom stereocenters. The van der Waals surface area contributed by atoms with E-state index in [0.29, 0.717) is 18.0 Å². The highest BCUT2D eigenvalue weighted by atomic mass is 16.4. The molecule has 0 unspecified atom stereocenters. The SMILES string of the molecule is CC(C)CCC(=O)Nc1ccccc1C(=O)O. The summed E-state index contributed by atoms with van der Waals surface area (Å²) in [6.45, 7) is 4.08. The molecule has 0 heterocycles. The number of anilines is 1. The summed E-state index contributed by atoms with van der Waals surface area (Å²) in [5.41, 5.74) is 0.471. The predicted octanol–water partition coefficient (Wildman–Crippen LogP) is 2.76. The predicted molar refractivity (Wildman–Crippen MR) is 66.1 cm³/mol. The first-order valence-corrected chi connectivity index (χ1v) is 5.63. The number of para-hydroxylation sites is 1. The van der Waals surface area contributed by atoms with Crippen LogP contribution in [0.3, 0.4) is 0 Å². The first kappa shape index (κ1) is 13.2. The minimum absolute atomic E-state index is 0.116. The van der Waals surface area contributed by atoms with E-state index in [2.05, 4.69) is 5.32 Å². The van der Waals surface area contributed by atoms with Gasteiger partial charge in [-0.05, 0) is 24.5 Å². The zero-order valence-corrected chi connectivity index (χ0v) is 10.1. The molecule has 0 aliphatic rings. The Hall–Kier alpha value is -1.84. The molecule has 0 aliphatic carbocycles. The van der Waals surface area contributed by atoms with Gasteiger partial charge >= 0.3 is 5.97 Å². The van der Waals surface area contributed by atoms with Gasteiger partial charge in [0.25, 0.3) is 0 Å². The van der Waals surface area contributed by atoms with Gasteiger partial charge in [-0.2, -0.15) is 0 Å². The molecule has 0 aliphatic heterocycles. The molecule has 0 saturated carbocycles. The summed E-state index contributed by atoms with van der Waals surface area (Å²) in [7, 11) is 0. The number of carboxylic acids is 1. The van der Waals surface area contributed by atoms with E-state index in [1.54, 1.807) is 18.2 Å². The van der Waals surface area contributed by atoms with Gasteiger partial charge in [-0.1, -0.05) is 26.0 Å². The van der Waals surface area contributed by atoms with Gasteiger partial charge in [0.1, 0.15) is 0 Å². The first-order chi connectivity index (χ1) is 8.00. The standard InChI is InChI=1S/C13H17NO3/c1-9(2)7-8-12(15)14-11-6-4-3-5-10(11)13(16)17/h3-6,9H,7-8H2,1-2H3,(H,14,15)(H,16,17). The van der Waals surface area contributed by atoms with Crippen molar-refractivity contribution in [3.05, 3.63) is 29.8 Å². The molecule has 0 aromatic heterocycles. The lowest BCUT2D eigenvalue weighted by Crippen LogP contribution is -2.14. The van der Waals surface area contributed by atoms with Crippen molar-refractivity contribution in [3.8, 4) is 0 Å². The molecular formula is C13H17NO3. The molecule has 0 saturated heterocycles. The molecule has 0 spiro atoms. The normalized spacial score (nSPS) is 10.3. The van der Waals surface area contributed by atoms with Crippen LogP contribution in [-0.4, -0.2) is 17.0 Å². The van der Waals surface area contributed by atoms with Gasteiger partial charge < -0.3 is 10.4 Å². The van der Waals surface area contributed by atoms with E-state index in [1.807, 2.05) is 13.8 Å². The lowest BCUT2D eigenvalue weighted by atomic mass is 10.1. The summed E-state index contributed by atoms with van der Waals surface area (Å²) in [5.74, 6) is -0.729. The van der Waals surface area contributed by atoms with Crippen LogP contribution in [-0.2, 0) is 4.79 Å². The zero-order chi connectivity index (χ0) is 12.8. The number of hydrogen-bond donors (Lipinski definition) is 2. The fourth-order valence-corrected chi connectivity index (χ4v) is 1.41.